The summed E-state index contributed by atoms with van der Waals surface area (Å²) in [6, 6.07) is 5.58. The van der Waals surface area contributed by atoms with Crippen LogP contribution >= 0.6 is 11.6 Å². The minimum Gasteiger partial charge on any atom is -0.496 e. The number of alkyl halides is 1. The summed E-state index contributed by atoms with van der Waals surface area (Å²) in [6.07, 6.45) is 1.66. The lowest BCUT2D eigenvalue weighted by molar-refractivity contribution is 0.0934. The Kier molecular flexibility index (Phi) is 5.99. The maximum Gasteiger partial charge on any atom is 0.251 e. The van der Waals surface area contributed by atoms with Crippen LogP contribution in [0.2, 0.25) is 0 Å². The molecule has 0 aromatic heterocycles. The molecule has 1 aromatic carbocycles. The van der Waals surface area contributed by atoms with Crippen LogP contribution in [0.25, 0.3) is 0 Å². The van der Waals surface area contributed by atoms with Gasteiger partial charge in [-0.15, -0.1) is 11.6 Å². The molecule has 18 heavy (non-hydrogen) atoms. The molecule has 0 heterocycles. The van der Waals surface area contributed by atoms with Gasteiger partial charge in [0.1, 0.15) is 5.75 Å². The SMILES string of the molecule is CCC(CCCl)NC(=O)c1ccc(C)c(OC)c1. The van der Waals surface area contributed by atoms with Gasteiger partial charge < -0.3 is 10.1 Å². The van der Waals surface area contributed by atoms with Gasteiger partial charge in [-0.3, -0.25) is 4.79 Å². The number of ether oxygens (including phenoxy) is 1. The second-order valence-electron chi connectivity index (χ2n) is 4.24. The van der Waals surface area contributed by atoms with E-state index in [2.05, 4.69) is 5.32 Å². The number of nitrogens with one attached hydrogen (secondary N) is 1. The van der Waals surface area contributed by atoms with E-state index >= 15 is 0 Å². The van der Waals surface area contributed by atoms with E-state index in [1.807, 2.05) is 19.9 Å². The van der Waals surface area contributed by atoms with Gasteiger partial charge in [-0.25, -0.2) is 0 Å². The van der Waals surface area contributed by atoms with Crippen LogP contribution < -0.4 is 10.1 Å². The molecule has 0 bridgehead atoms. The Morgan fingerprint density at radius 3 is 2.78 bits per heavy atom. The highest BCUT2D eigenvalue weighted by Crippen LogP contribution is 2.19. The second-order valence-corrected chi connectivity index (χ2v) is 4.62. The van der Waals surface area contributed by atoms with Gasteiger partial charge >= 0.3 is 0 Å². The van der Waals surface area contributed by atoms with Crippen LogP contribution in [0.5, 0.6) is 5.75 Å². The minimum atomic E-state index is -0.0785. The zero-order chi connectivity index (χ0) is 13.5. The Labute approximate surface area is 113 Å². The highest BCUT2D eigenvalue weighted by molar-refractivity contribution is 6.17. The van der Waals surface area contributed by atoms with E-state index in [0.717, 1.165) is 24.2 Å². The molecule has 100 valence electrons. The summed E-state index contributed by atoms with van der Waals surface area (Å²) < 4.78 is 5.21. The number of halogens is 1. The standard InChI is InChI=1S/C14H20ClNO2/c1-4-12(7-8-15)16-14(17)11-6-5-10(2)13(9-11)18-3/h5-6,9,12H,4,7-8H2,1-3H3,(H,16,17). The molecule has 0 aliphatic rings. The van der Waals surface area contributed by atoms with Gasteiger partial charge in [0.2, 0.25) is 0 Å². The maximum atomic E-state index is 12.1. The third-order valence-corrected chi connectivity index (χ3v) is 3.17. The quantitative estimate of drug-likeness (QED) is 0.806. The van der Waals surface area contributed by atoms with Gasteiger partial charge in [-0.05, 0) is 37.5 Å². The molecule has 1 unspecified atom stereocenters. The van der Waals surface area contributed by atoms with E-state index in [1.54, 1.807) is 19.2 Å². The largest absolute Gasteiger partial charge is 0.496 e. The number of hydrogen-bond donors (Lipinski definition) is 1. The molecular formula is C14H20ClNO2. The molecule has 0 radical (unpaired) electrons. The van der Waals surface area contributed by atoms with E-state index in [0.29, 0.717) is 11.4 Å². The number of methoxy groups -OCH3 is 1. The predicted octanol–water partition coefficient (Wildman–Crippen LogP) is 3.14. The first-order valence-corrected chi connectivity index (χ1v) is 6.67. The Morgan fingerprint density at radius 2 is 2.22 bits per heavy atom. The number of hydrogen-bond acceptors (Lipinski definition) is 2. The number of rotatable bonds is 6. The van der Waals surface area contributed by atoms with E-state index in [-0.39, 0.29) is 11.9 Å². The van der Waals surface area contributed by atoms with Crippen molar-refractivity contribution in [2.24, 2.45) is 0 Å². The molecule has 4 heteroatoms. The van der Waals surface area contributed by atoms with Crippen LogP contribution in [-0.4, -0.2) is 24.9 Å². The third kappa shape index (κ3) is 3.91. The van der Waals surface area contributed by atoms with Gasteiger partial charge in [-0.2, -0.15) is 0 Å². The van der Waals surface area contributed by atoms with E-state index in [9.17, 15) is 4.79 Å². The van der Waals surface area contributed by atoms with Crippen LogP contribution in [-0.2, 0) is 0 Å². The summed E-state index contributed by atoms with van der Waals surface area (Å²) >= 11 is 5.70. The predicted molar refractivity (Wildman–Crippen MR) is 74.6 cm³/mol. The number of carbonyl (C=O) groups is 1. The molecule has 0 aliphatic heterocycles. The molecule has 0 saturated carbocycles. The Morgan fingerprint density at radius 1 is 1.50 bits per heavy atom. The average Bonchev–Trinajstić information content (AvgIpc) is 2.38. The fraction of sp³-hybridized carbons (Fsp3) is 0.500. The summed E-state index contributed by atoms with van der Waals surface area (Å²) in [6.45, 7) is 3.98. The molecule has 0 saturated heterocycles. The topological polar surface area (TPSA) is 38.3 Å². The van der Waals surface area contributed by atoms with Crippen molar-refractivity contribution in [2.45, 2.75) is 32.7 Å². The smallest absolute Gasteiger partial charge is 0.251 e. The normalized spacial score (nSPS) is 12.0. The third-order valence-electron chi connectivity index (χ3n) is 2.96. The Balaban J connectivity index is 2.77. The van der Waals surface area contributed by atoms with Crippen molar-refractivity contribution in [3.05, 3.63) is 29.3 Å². The molecule has 0 spiro atoms. The van der Waals surface area contributed by atoms with Crippen LogP contribution in [0.15, 0.2) is 18.2 Å². The zero-order valence-electron chi connectivity index (χ0n) is 11.1. The summed E-state index contributed by atoms with van der Waals surface area (Å²) in [4.78, 5) is 12.1. The van der Waals surface area contributed by atoms with Crippen LogP contribution in [0, 0.1) is 6.92 Å². The first-order valence-electron chi connectivity index (χ1n) is 6.13. The van der Waals surface area contributed by atoms with Gasteiger partial charge in [0.05, 0.1) is 7.11 Å². The highest BCUT2D eigenvalue weighted by atomic mass is 35.5. The lowest BCUT2D eigenvalue weighted by Crippen LogP contribution is -2.34. The van der Waals surface area contributed by atoms with Crippen LogP contribution in [0.1, 0.15) is 35.7 Å². The van der Waals surface area contributed by atoms with Gasteiger partial charge in [0.15, 0.2) is 0 Å². The Hall–Kier alpha value is -1.22. The Bertz CT molecular complexity index is 407. The van der Waals surface area contributed by atoms with Crippen molar-refractivity contribution in [1.82, 2.24) is 5.32 Å². The maximum absolute atomic E-state index is 12.1. The molecule has 0 aliphatic carbocycles. The molecule has 3 nitrogen and oxygen atoms in total. The molecule has 0 fully saturated rings. The van der Waals surface area contributed by atoms with Crippen LogP contribution in [0.4, 0.5) is 0 Å². The minimum absolute atomic E-state index is 0.0785. The van der Waals surface area contributed by atoms with Gasteiger partial charge in [0.25, 0.3) is 5.91 Å². The first-order chi connectivity index (χ1) is 8.62. The van der Waals surface area contributed by atoms with Crippen molar-refractivity contribution in [1.29, 1.82) is 0 Å². The molecule has 1 aromatic rings. The summed E-state index contributed by atoms with van der Waals surface area (Å²) in [5, 5.41) is 2.98. The van der Waals surface area contributed by atoms with Gasteiger partial charge in [-0.1, -0.05) is 13.0 Å². The second kappa shape index (κ2) is 7.27. The van der Waals surface area contributed by atoms with E-state index < -0.39 is 0 Å². The zero-order valence-corrected chi connectivity index (χ0v) is 11.9. The molecule has 1 amide bonds. The van der Waals surface area contributed by atoms with Crippen molar-refractivity contribution in [2.75, 3.05) is 13.0 Å². The van der Waals surface area contributed by atoms with Crippen molar-refractivity contribution in [3.8, 4) is 5.75 Å². The van der Waals surface area contributed by atoms with Crippen molar-refractivity contribution < 1.29 is 9.53 Å². The summed E-state index contributed by atoms with van der Waals surface area (Å²) in [5.74, 6) is 1.20. The number of carbonyl (C=O) groups excluding carboxylic acids is 1. The molecule has 1 rings (SSSR count). The molecule has 1 N–H and O–H groups in total. The van der Waals surface area contributed by atoms with Gasteiger partial charge in [0, 0.05) is 17.5 Å². The number of benzene rings is 1. The van der Waals surface area contributed by atoms with E-state index in [1.165, 1.54) is 0 Å². The van der Waals surface area contributed by atoms with Crippen molar-refractivity contribution >= 4 is 17.5 Å². The average molecular weight is 270 g/mol. The molecular weight excluding hydrogens is 250 g/mol. The van der Waals surface area contributed by atoms with E-state index in [4.69, 9.17) is 16.3 Å². The summed E-state index contributed by atoms with van der Waals surface area (Å²) in [5.41, 5.74) is 1.63. The van der Waals surface area contributed by atoms with Crippen LogP contribution in [0.3, 0.4) is 0 Å². The number of amides is 1. The first kappa shape index (κ1) is 14.8. The fourth-order valence-corrected chi connectivity index (χ4v) is 2.00. The molecule has 1 atom stereocenters. The lowest BCUT2D eigenvalue weighted by atomic mass is 10.1. The summed E-state index contributed by atoms with van der Waals surface area (Å²) in [7, 11) is 1.60. The fourth-order valence-electron chi connectivity index (χ4n) is 1.74. The number of aryl methyl sites for hydroxylation is 1. The monoisotopic (exact) mass is 269 g/mol. The van der Waals surface area contributed by atoms with Crippen molar-refractivity contribution in [3.63, 3.8) is 0 Å². The highest BCUT2D eigenvalue weighted by Gasteiger charge is 2.13. The lowest BCUT2D eigenvalue weighted by Gasteiger charge is -2.16.